The van der Waals surface area contributed by atoms with Crippen molar-refractivity contribution in [1.82, 2.24) is 15.1 Å². The molecular formula is C33H32N4O2. The molecule has 6 heteroatoms. The Balaban J connectivity index is 1.45. The number of nitrogens with zero attached hydrogens (tertiary/aromatic N) is 3. The number of para-hydroxylation sites is 1. The van der Waals surface area contributed by atoms with Crippen LogP contribution in [0.2, 0.25) is 0 Å². The number of carbonyl (C=O) groups is 1. The molecule has 1 amide bonds. The van der Waals surface area contributed by atoms with E-state index in [4.69, 9.17) is 9.84 Å². The lowest BCUT2D eigenvalue weighted by molar-refractivity contribution is -0.117. The van der Waals surface area contributed by atoms with Crippen LogP contribution in [-0.4, -0.2) is 21.7 Å². The van der Waals surface area contributed by atoms with Crippen molar-refractivity contribution in [1.29, 1.82) is 5.26 Å². The lowest BCUT2D eigenvalue weighted by atomic mass is 9.95. The molecule has 1 aliphatic rings. The van der Waals surface area contributed by atoms with Crippen LogP contribution in [0.4, 0.5) is 0 Å². The summed E-state index contributed by atoms with van der Waals surface area (Å²) in [5.41, 5.74) is 5.44. The average molecular weight is 517 g/mol. The molecule has 3 aromatic carbocycles. The summed E-state index contributed by atoms with van der Waals surface area (Å²) in [6.07, 6.45) is 8.81. The van der Waals surface area contributed by atoms with Gasteiger partial charge in [0.15, 0.2) is 0 Å². The summed E-state index contributed by atoms with van der Waals surface area (Å²) in [6.45, 7) is 2.51. The van der Waals surface area contributed by atoms with E-state index in [1.54, 1.807) is 10.8 Å². The van der Waals surface area contributed by atoms with E-state index in [-0.39, 0.29) is 17.5 Å². The van der Waals surface area contributed by atoms with Gasteiger partial charge < -0.3 is 10.1 Å². The van der Waals surface area contributed by atoms with E-state index in [2.05, 4.69) is 42.6 Å². The molecule has 0 bridgehead atoms. The van der Waals surface area contributed by atoms with Crippen molar-refractivity contribution in [3.05, 3.63) is 107 Å². The summed E-state index contributed by atoms with van der Waals surface area (Å²) in [4.78, 5) is 13.0. The van der Waals surface area contributed by atoms with Gasteiger partial charge in [0.05, 0.1) is 5.69 Å². The molecule has 1 N–H and O–H groups in total. The number of hydrogen-bond acceptors (Lipinski definition) is 4. The van der Waals surface area contributed by atoms with Crippen LogP contribution in [0.15, 0.2) is 90.6 Å². The van der Waals surface area contributed by atoms with Gasteiger partial charge in [-0.1, -0.05) is 79.4 Å². The second kappa shape index (κ2) is 12.3. The molecule has 1 aliphatic carbocycles. The molecule has 1 fully saturated rings. The fraction of sp³-hybridized carbons (Fsp3) is 0.242. The van der Waals surface area contributed by atoms with E-state index < -0.39 is 0 Å². The van der Waals surface area contributed by atoms with Crippen molar-refractivity contribution in [2.24, 2.45) is 0 Å². The Morgan fingerprint density at radius 2 is 1.82 bits per heavy atom. The van der Waals surface area contributed by atoms with Gasteiger partial charge in [-0.05, 0) is 55.7 Å². The minimum atomic E-state index is -0.335. The zero-order valence-corrected chi connectivity index (χ0v) is 22.1. The number of aromatic nitrogens is 2. The number of rotatable bonds is 8. The minimum absolute atomic E-state index is 0.0706. The van der Waals surface area contributed by atoms with Crippen molar-refractivity contribution in [3.8, 4) is 28.8 Å². The zero-order valence-electron chi connectivity index (χ0n) is 22.1. The van der Waals surface area contributed by atoms with E-state index in [9.17, 15) is 10.1 Å². The van der Waals surface area contributed by atoms with Gasteiger partial charge in [-0.3, -0.25) is 4.79 Å². The molecule has 0 atom stereocenters. The Morgan fingerprint density at radius 3 is 2.56 bits per heavy atom. The third-order valence-corrected chi connectivity index (χ3v) is 7.00. The first-order valence-electron chi connectivity index (χ1n) is 13.5. The SMILES string of the molecule is Cc1ccc(COc2cccc(-c3nn(-c4ccccc4)cc3C=C(C#N)C(=O)NC3CCCCC3)c2)cc1. The molecular weight excluding hydrogens is 484 g/mol. The fourth-order valence-electron chi connectivity index (χ4n) is 4.83. The van der Waals surface area contributed by atoms with Gasteiger partial charge in [-0.2, -0.15) is 10.4 Å². The van der Waals surface area contributed by atoms with Gasteiger partial charge in [-0.25, -0.2) is 4.68 Å². The second-order valence-corrected chi connectivity index (χ2v) is 9.99. The Morgan fingerprint density at radius 1 is 1.05 bits per heavy atom. The van der Waals surface area contributed by atoms with Crippen LogP contribution < -0.4 is 10.1 Å². The topological polar surface area (TPSA) is 79.9 Å². The standard InChI is InChI=1S/C33H32N4O2/c1-24-15-17-25(18-16-24)23-39-31-14-8-9-26(20-31)32-28(22-37(36-32)30-12-6-3-7-13-30)19-27(21-34)33(38)35-29-10-4-2-5-11-29/h3,6-9,12-20,22,29H,2,4-5,10-11,23H2,1H3,(H,35,38). The number of nitrogens with one attached hydrogen (secondary N) is 1. The monoisotopic (exact) mass is 516 g/mol. The van der Waals surface area contributed by atoms with Crippen LogP contribution in [0.5, 0.6) is 5.75 Å². The third kappa shape index (κ3) is 6.63. The molecule has 6 nitrogen and oxygen atoms in total. The predicted octanol–water partition coefficient (Wildman–Crippen LogP) is 6.78. The lowest BCUT2D eigenvalue weighted by Crippen LogP contribution is -2.36. The lowest BCUT2D eigenvalue weighted by Gasteiger charge is -2.22. The number of nitriles is 1. The zero-order chi connectivity index (χ0) is 27.0. The number of hydrogen-bond donors (Lipinski definition) is 1. The summed E-state index contributed by atoms with van der Waals surface area (Å²) in [7, 11) is 0. The van der Waals surface area contributed by atoms with E-state index in [1.807, 2.05) is 60.8 Å². The summed E-state index contributed by atoms with van der Waals surface area (Å²) >= 11 is 0. The normalized spacial score (nSPS) is 14.0. The highest BCUT2D eigenvalue weighted by Crippen LogP contribution is 2.29. The van der Waals surface area contributed by atoms with Crippen LogP contribution in [0, 0.1) is 18.3 Å². The van der Waals surface area contributed by atoms with Crippen molar-refractivity contribution in [2.75, 3.05) is 0 Å². The molecule has 0 saturated heterocycles. The van der Waals surface area contributed by atoms with Crippen molar-refractivity contribution >= 4 is 12.0 Å². The first-order valence-corrected chi connectivity index (χ1v) is 13.5. The Bertz CT molecular complexity index is 1490. The second-order valence-electron chi connectivity index (χ2n) is 9.99. The Kier molecular flexibility index (Phi) is 8.18. The predicted molar refractivity (Wildman–Crippen MR) is 153 cm³/mol. The molecule has 0 unspecified atom stereocenters. The van der Waals surface area contributed by atoms with Gasteiger partial charge in [0.2, 0.25) is 0 Å². The minimum Gasteiger partial charge on any atom is -0.489 e. The van der Waals surface area contributed by atoms with Crippen LogP contribution in [0.25, 0.3) is 23.0 Å². The smallest absolute Gasteiger partial charge is 0.262 e. The highest BCUT2D eigenvalue weighted by atomic mass is 16.5. The maximum absolute atomic E-state index is 13.0. The van der Waals surface area contributed by atoms with Gasteiger partial charge in [0.25, 0.3) is 5.91 Å². The van der Waals surface area contributed by atoms with Crippen LogP contribution in [0.3, 0.4) is 0 Å². The van der Waals surface area contributed by atoms with Gasteiger partial charge in [0, 0.05) is 23.4 Å². The van der Waals surface area contributed by atoms with Crippen molar-refractivity contribution in [3.63, 3.8) is 0 Å². The highest BCUT2D eigenvalue weighted by Gasteiger charge is 2.20. The van der Waals surface area contributed by atoms with Crippen molar-refractivity contribution in [2.45, 2.75) is 51.7 Å². The van der Waals surface area contributed by atoms with E-state index in [0.717, 1.165) is 42.5 Å². The van der Waals surface area contributed by atoms with Gasteiger partial charge in [0.1, 0.15) is 29.7 Å². The van der Waals surface area contributed by atoms with Crippen LogP contribution in [0.1, 0.15) is 48.8 Å². The van der Waals surface area contributed by atoms with Gasteiger partial charge in [-0.15, -0.1) is 0 Å². The molecule has 4 aromatic rings. The third-order valence-electron chi connectivity index (χ3n) is 7.00. The molecule has 1 saturated carbocycles. The summed E-state index contributed by atoms with van der Waals surface area (Å²) in [5, 5.41) is 17.8. The maximum atomic E-state index is 13.0. The largest absolute Gasteiger partial charge is 0.489 e. The molecule has 0 aliphatic heterocycles. The fourth-order valence-corrected chi connectivity index (χ4v) is 4.83. The summed E-state index contributed by atoms with van der Waals surface area (Å²) < 4.78 is 7.86. The molecule has 1 aromatic heterocycles. The number of aryl methyl sites for hydroxylation is 1. The molecule has 5 rings (SSSR count). The number of benzene rings is 3. The Labute approximate surface area is 229 Å². The quantitative estimate of drug-likeness (QED) is 0.207. The molecule has 1 heterocycles. The van der Waals surface area contributed by atoms with E-state index in [1.165, 1.54) is 12.0 Å². The molecule has 196 valence electrons. The maximum Gasteiger partial charge on any atom is 0.262 e. The van der Waals surface area contributed by atoms with Crippen LogP contribution in [-0.2, 0) is 11.4 Å². The first-order chi connectivity index (χ1) is 19.1. The number of carbonyl (C=O) groups excluding carboxylic acids is 1. The average Bonchev–Trinajstić information content (AvgIpc) is 3.41. The van der Waals surface area contributed by atoms with Crippen molar-refractivity contribution < 1.29 is 9.53 Å². The van der Waals surface area contributed by atoms with Gasteiger partial charge >= 0.3 is 0 Å². The molecule has 0 radical (unpaired) electrons. The highest BCUT2D eigenvalue weighted by molar-refractivity contribution is 6.02. The number of ether oxygens (including phenoxy) is 1. The van der Waals surface area contributed by atoms with E-state index >= 15 is 0 Å². The molecule has 0 spiro atoms. The Hall–Kier alpha value is -4.63. The molecule has 39 heavy (non-hydrogen) atoms. The summed E-state index contributed by atoms with van der Waals surface area (Å²) in [5.74, 6) is 0.380. The number of amides is 1. The van der Waals surface area contributed by atoms with E-state index in [0.29, 0.717) is 23.6 Å². The summed E-state index contributed by atoms with van der Waals surface area (Å²) in [6, 6.07) is 28.0. The van der Waals surface area contributed by atoms with Crippen LogP contribution >= 0.6 is 0 Å². The first kappa shape index (κ1) is 26.0.